The van der Waals surface area contributed by atoms with E-state index >= 15 is 0 Å². The molecule has 0 N–H and O–H groups in total. The Morgan fingerprint density at radius 1 is 0.811 bits per heavy atom. The molecule has 0 aliphatic heterocycles. The van der Waals surface area contributed by atoms with Crippen LogP contribution in [0.3, 0.4) is 0 Å². The Hall–Kier alpha value is -4.22. The number of benzene rings is 4. The van der Waals surface area contributed by atoms with Crippen LogP contribution in [0.25, 0.3) is 16.9 Å². The molecule has 1 heterocycles. The molecule has 5 aromatic rings. The van der Waals surface area contributed by atoms with E-state index in [9.17, 15) is 9.18 Å². The van der Waals surface area contributed by atoms with E-state index in [2.05, 4.69) is 12.1 Å². The molecular weight excluding hydrogens is 485 g/mol. The van der Waals surface area contributed by atoms with Crippen LogP contribution < -0.4 is 0 Å². The van der Waals surface area contributed by atoms with Crippen LogP contribution in [0.1, 0.15) is 21.6 Å². The highest BCUT2D eigenvalue weighted by Crippen LogP contribution is 2.29. The molecule has 0 saturated carbocycles. The molecule has 0 bridgehead atoms. The molecule has 1 amide bonds. The molecule has 184 valence electrons. The van der Waals surface area contributed by atoms with Crippen molar-refractivity contribution in [2.24, 2.45) is 0 Å². The van der Waals surface area contributed by atoms with Gasteiger partial charge in [-0.3, -0.25) is 4.79 Å². The second kappa shape index (κ2) is 11.2. The lowest BCUT2D eigenvalue weighted by Crippen LogP contribution is -2.34. The molecule has 0 aliphatic carbocycles. The van der Waals surface area contributed by atoms with Crippen LogP contribution in [0.4, 0.5) is 4.39 Å². The molecule has 5 rings (SSSR count). The first kappa shape index (κ1) is 24.5. The summed E-state index contributed by atoms with van der Waals surface area (Å²) in [5.74, 6) is -0.529. The van der Waals surface area contributed by atoms with E-state index in [1.165, 1.54) is 12.1 Å². The van der Waals surface area contributed by atoms with Crippen molar-refractivity contribution in [2.75, 3.05) is 6.54 Å². The molecule has 6 heteroatoms. The molecule has 0 fully saturated rings. The summed E-state index contributed by atoms with van der Waals surface area (Å²) in [6, 6.07) is 35.1. The minimum Gasteiger partial charge on any atom is -0.333 e. The normalized spacial score (nSPS) is 10.9. The Kier molecular flexibility index (Phi) is 7.43. The fourth-order valence-electron chi connectivity index (χ4n) is 4.24. The van der Waals surface area contributed by atoms with Crippen molar-refractivity contribution in [1.82, 2.24) is 14.7 Å². The van der Waals surface area contributed by atoms with Gasteiger partial charge < -0.3 is 4.90 Å². The van der Waals surface area contributed by atoms with Crippen LogP contribution in [-0.4, -0.2) is 27.1 Å². The minimum atomic E-state index is -0.358. The predicted octanol–water partition coefficient (Wildman–Crippen LogP) is 7.22. The maximum absolute atomic E-state index is 14.1. The Labute approximate surface area is 220 Å². The van der Waals surface area contributed by atoms with Gasteiger partial charge in [-0.05, 0) is 53.9 Å². The lowest BCUT2D eigenvalue weighted by molar-refractivity contribution is 0.0736. The van der Waals surface area contributed by atoms with Gasteiger partial charge in [-0.25, -0.2) is 9.07 Å². The maximum atomic E-state index is 14.1. The van der Waals surface area contributed by atoms with Crippen molar-refractivity contribution in [3.05, 3.63) is 143 Å². The number of carbonyl (C=O) groups is 1. The van der Waals surface area contributed by atoms with Crippen LogP contribution in [0, 0.1) is 5.82 Å². The van der Waals surface area contributed by atoms with Crippen LogP contribution in [0.2, 0.25) is 5.02 Å². The summed E-state index contributed by atoms with van der Waals surface area (Å²) in [6.07, 6.45) is 0.710. The largest absolute Gasteiger partial charge is 0.333 e. The second-order valence-corrected chi connectivity index (χ2v) is 9.14. The van der Waals surface area contributed by atoms with Gasteiger partial charge in [0.25, 0.3) is 5.91 Å². The van der Waals surface area contributed by atoms with Gasteiger partial charge in [0, 0.05) is 18.7 Å². The van der Waals surface area contributed by atoms with Gasteiger partial charge in [-0.1, -0.05) is 90.5 Å². The summed E-state index contributed by atoms with van der Waals surface area (Å²) in [6.45, 7) is 0.969. The Bertz CT molecular complexity index is 1480. The number of rotatable bonds is 8. The van der Waals surface area contributed by atoms with Crippen LogP contribution in [-0.2, 0) is 13.0 Å². The Balaban J connectivity index is 1.55. The number of amides is 1. The first-order valence-corrected chi connectivity index (χ1v) is 12.4. The second-order valence-electron chi connectivity index (χ2n) is 8.73. The fraction of sp³-hybridized carbons (Fsp3) is 0.0968. The highest BCUT2D eigenvalue weighted by molar-refractivity contribution is 6.33. The zero-order valence-corrected chi connectivity index (χ0v) is 20.9. The van der Waals surface area contributed by atoms with Gasteiger partial charge in [0.15, 0.2) is 0 Å². The fourth-order valence-corrected chi connectivity index (χ4v) is 4.47. The zero-order valence-electron chi connectivity index (χ0n) is 20.1. The van der Waals surface area contributed by atoms with Gasteiger partial charge in [0.2, 0.25) is 0 Å². The summed E-state index contributed by atoms with van der Waals surface area (Å²) >= 11 is 6.46. The molecular formula is C31H25ClFN3O. The SMILES string of the molecule is O=C(c1cc(-c2ccccc2Cl)nn1-c1ccc(F)cc1)N(CCc1ccccc1)Cc1ccccc1. The van der Waals surface area contributed by atoms with Crippen LogP contribution in [0.15, 0.2) is 115 Å². The van der Waals surface area contributed by atoms with Crippen molar-refractivity contribution in [1.29, 1.82) is 0 Å². The number of hydrogen-bond donors (Lipinski definition) is 0. The lowest BCUT2D eigenvalue weighted by atomic mass is 10.1. The van der Waals surface area contributed by atoms with Gasteiger partial charge in [0.1, 0.15) is 11.5 Å². The molecule has 0 aliphatic rings. The van der Waals surface area contributed by atoms with Crippen molar-refractivity contribution in [3.63, 3.8) is 0 Å². The van der Waals surface area contributed by atoms with E-state index in [-0.39, 0.29) is 11.7 Å². The van der Waals surface area contributed by atoms with E-state index < -0.39 is 0 Å². The molecule has 0 atom stereocenters. The number of carbonyl (C=O) groups excluding carboxylic acids is 1. The van der Waals surface area contributed by atoms with Gasteiger partial charge in [-0.2, -0.15) is 5.10 Å². The summed E-state index contributed by atoms with van der Waals surface area (Å²) in [4.78, 5) is 15.9. The summed E-state index contributed by atoms with van der Waals surface area (Å²) in [7, 11) is 0. The third kappa shape index (κ3) is 5.79. The molecule has 0 saturated heterocycles. The van der Waals surface area contributed by atoms with Crippen LogP contribution >= 0.6 is 11.6 Å². The molecule has 37 heavy (non-hydrogen) atoms. The number of hydrogen-bond acceptors (Lipinski definition) is 2. The lowest BCUT2D eigenvalue weighted by Gasteiger charge is -2.23. The van der Waals surface area contributed by atoms with Crippen LogP contribution in [0.5, 0.6) is 0 Å². The third-order valence-corrected chi connectivity index (χ3v) is 6.50. The first-order chi connectivity index (χ1) is 18.1. The highest BCUT2D eigenvalue weighted by atomic mass is 35.5. The summed E-state index contributed by atoms with van der Waals surface area (Å²) < 4.78 is 15.3. The van der Waals surface area contributed by atoms with Gasteiger partial charge in [0.05, 0.1) is 16.4 Å². The van der Waals surface area contributed by atoms with Gasteiger partial charge >= 0.3 is 0 Å². The van der Waals surface area contributed by atoms with Crippen molar-refractivity contribution < 1.29 is 9.18 Å². The monoisotopic (exact) mass is 509 g/mol. The van der Waals surface area contributed by atoms with E-state index in [1.54, 1.807) is 28.9 Å². The predicted molar refractivity (Wildman–Crippen MR) is 145 cm³/mol. The number of aromatic nitrogens is 2. The molecule has 0 radical (unpaired) electrons. The topological polar surface area (TPSA) is 38.1 Å². The highest BCUT2D eigenvalue weighted by Gasteiger charge is 2.24. The number of halogens is 2. The minimum absolute atomic E-state index is 0.171. The van der Waals surface area contributed by atoms with Crippen molar-refractivity contribution in [3.8, 4) is 16.9 Å². The van der Waals surface area contributed by atoms with E-state index in [0.717, 1.165) is 16.7 Å². The average Bonchev–Trinajstić information content (AvgIpc) is 3.37. The molecule has 4 nitrogen and oxygen atoms in total. The van der Waals surface area contributed by atoms with Gasteiger partial charge in [-0.15, -0.1) is 0 Å². The third-order valence-electron chi connectivity index (χ3n) is 6.17. The quantitative estimate of drug-likeness (QED) is 0.221. The van der Waals surface area contributed by atoms with E-state index in [4.69, 9.17) is 16.7 Å². The molecule has 0 spiro atoms. The van der Waals surface area contributed by atoms with E-state index in [1.807, 2.05) is 71.6 Å². The smallest absolute Gasteiger partial charge is 0.272 e. The standard InChI is InChI=1S/C31H25ClFN3O/c32-28-14-8-7-13-27(28)29-21-30(36(34-29)26-17-15-25(33)16-18-26)31(37)35(22-24-11-5-2-6-12-24)20-19-23-9-3-1-4-10-23/h1-18,21H,19-20,22H2. The first-order valence-electron chi connectivity index (χ1n) is 12.1. The maximum Gasteiger partial charge on any atom is 0.272 e. The van der Waals surface area contributed by atoms with Crippen molar-refractivity contribution >= 4 is 17.5 Å². The van der Waals surface area contributed by atoms with E-state index in [0.29, 0.717) is 41.6 Å². The number of nitrogens with zero attached hydrogens (tertiary/aromatic N) is 3. The molecule has 4 aromatic carbocycles. The molecule has 1 aromatic heterocycles. The van der Waals surface area contributed by atoms with Crippen molar-refractivity contribution in [2.45, 2.75) is 13.0 Å². The zero-order chi connectivity index (χ0) is 25.6. The summed E-state index contributed by atoms with van der Waals surface area (Å²) in [5.41, 5.74) is 4.44. The Morgan fingerprint density at radius 2 is 1.43 bits per heavy atom. The summed E-state index contributed by atoms with van der Waals surface area (Å²) in [5, 5.41) is 5.27. The average molecular weight is 510 g/mol. The Morgan fingerprint density at radius 3 is 2.11 bits per heavy atom. The molecule has 0 unspecified atom stereocenters.